The Bertz CT molecular complexity index is 1280. The molecule has 2 amide bonds. The molecular weight excluding hydrogens is 438 g/mol. The Kier molecular flexibility index (Phi) is 4.82. The fourth-order valence-corrected chi connectivity index (χ4v) is 5.81. The first-order chi connectivity index (χ1) is 16.1. The molecule has 0 aliphatic carbocycles. The van der Waals surface area contributed by atoms with Gasteiger partial charge in [0.05, 0.1) is 24.5 Å². The van der Waals surface area contributed by atoms with E-state index in [-0.39, 0.29) is 17.9 Å². The number of H-pyrrole nitrogens is 1. The van der Waals surface area contributed by atoms with Crippen LogP contribution in [0.4, 0.5) is 0 Å². The zero-order valence-electron chi connectivity index (χ0n) is 18.0. The second-order valence-electron chi connectivity index (χ2n) is 9.08. The number of nitrogens with zero attached hydrogens (tertiary/aromatic N) is 1. The number of likely N-dealkylation sites (tertiary alicyclic amines) is 1. The van der Waals surface area contributed by atoms with Crippen molar-refractivity contribution in [2.75, 3.05) is 13.1 Å². The van der Waals surface area contributed by atoms with Crippen LogP contribution >= 0.6 is 11.6 Å². The summed E-state index contributed by atoms with van der Waals surface area (Å²) in [5.74, 6) is -1.17. The summed E-state index contributed by atoms with van der Waals surface area (Å²) in [6, 6.07) is 15.6. The largest absolute Gasteiger partial charge is 0.361 e. The molecule has 2 N–H and O–H groups in total. The molecule has 0 radical (unpaired) electrons. The van der Waals surface area contributed by atoms with Crippen molar-refractivity contribution in [1.29, 1.82) is 0 Å². The molecule has 3 aromatic rings. The van der Waals surface area contributed by atoms with Crippen LogP contribution in [-0.4, -0.2) is 46.5 Å². The molecule has 1 aromatic heterocycles. The van der Waals surface area contributed by atoms with Crippen LogP contribution in [0.1, 0.15) is 11.1 Å². The van der Waals surface area contributed by atoms with Gasteiger partial charge < -0.3 is 19.9 Å². The van der Waals surface area contributed by atoms with E-state index in [9.17, 15) is 9.59 Å². The van der Waals surface area contributed by atoms with Crippen LogP contribution < -0.4 is 5.32 Å². The van der Waals surface area contributed by atoms with Gasteiger partial charge in [-0.1, -0.05) is 60.2 Å². The molecule has 0 unspecified atom stereocenters. The molecule has 2 aromatic carbocycles. The lowest BCUT2D eigenvalue weighted by Crippen LogP contribution is -2.44. The lowest BCUT2D eigenvalue weighted by molar-refractivity contribution is -0.137. The minimum absolute atomic E-state index is 0.000384. The third kappa shape index (κ3) is 3.28. The standard InChI is InChI=1S/C26H24ClN3O3/c27-19-7-3-1-5-17(19)14-29-24(31)22-21-9-11-26(33-21)15-30(25(32)23(22)26)12-10-16-13-28-20-8-4-2-6-18(16)20/h1-9,11,13,21-23,28H,10,12,14-15H2,(H,29,31)/t21-,22+,23+,26+/m1/s1. The van der Waals surface area contributed by atoms with Gasteiger partial charge in [-0.15, -0.1) is 0 Å². The zero-order valence-corrected chi connectivity index (χ0v) is 18.7. The highest BCUT2D eigenvalue weighted by molar-refractivity contribution is 6.31. The van der Waals surface area contributed by atoms with Crippen molar-refractivity contribution in [2.24, 2.45) is 11.8 Å². The maximum atomic E-state index is 13.4. The summed E-state index contributed by atoms with van der Waals surface area (Å²) >= 11 is 6.22. The number of aromatic nitrogens is 1. The van der Waals surface area contributed by atoms with Gasteiger partial charge in [0.2, 0.25) is 11.8 Å². The van der Waals surface area contributed by atoms with E-state index in [2.05, 4.69) is 16.4 Å². The minimum atomic E-state index is -0.700. The number of carbonyl (C=O) groups excluding carboxylic acids is 2. The number of halogens is 1. The van der Waals surface area contributed by atoms with Gasteiger partial charge in [-0.25, -0.2) is 0 Å². The summed E-state index contributed by atoms with van der Waals surface area (Å²) in [6.45, 7) is 1.40. The summed E-state index contributed by atoms with van der Waals surface area (Å²) in [6.07, 6.45) is 6.32. The average molecular weight is 462 g/mol. The molecule has 6 rings (SSSR count). The summed E-state index contributed by atoms with van der Waals surface area (Å²) in [7, 11) is 0. The highest BCUT2D eigenvalue weighted by Gasteiger charge is 2.66. The molecule has 2 fully saturated rings. The summed E-state index contributed by atoms with van der Waals surface area (Å²) in [5.41, 5.74) is 2.42. The van der Waals surface area contributed by atoms with Gasteiger partial charge in [-0.3, -0.25) is 9.59 Å². The Labute approximate surface area is 196 Å². The van der Waals surface area contributed by atoms with E-state index in [1.54, 1.807) is 6.07 Å². The molecule has 6 nitrogen and oxygen atoms in total. The topological polar surface area (TPSA) is 74.4 Å². The van der Waals surface area contributed by atoms with Crippen molar-refractivity contribution in [3.63, 3.8) is 0 Å². The summed E-state index contributed by atoms with van der Waals surface area (Å²) in [5, 5.41) is 4.76. The Morgan fingerprint density at radius 2 is 2.00 bits per heavy atom. The van der Waals surface area contributed by atoms with Crippen molar-refractivity contribution in [1.82, 2.24) is 15.2 Å². The van der Waals surface area contributed by atoms with Crippen LogP contribution in [0.5, 0.6) is 0 Å². The van der Waals surface area contributed by atoms with Crippen molar-refractivity contribution in [2.45, 2.75) is 24.7 Å². The van der Waals surface area contributed by atoms with Crippen molar-refractivity contribution in [3.8, 4) is 0 Å². The van der Waals surface area contributed by atoms with Crippen molar-refractivity contribution in [3.05, 3.63) is 83.0 Å². The third-order valence-corrected chi connectivity index (χ3v) is 7.59. The van der Waals surface area contributed by atoms with E-state index >= 15 is 0 Å². The van der Waals surface area contributed by atoms with Crippen LogP contribution in [0, 0.1) is 11.8 Å². The quantitative estimate of drug-likeness (QED) is 0.552. The van der Waals surface area contributed by atoms with Gasteiger partial charge >= 0.3 is 0 Å². The van der Waals surface area contributed by atoms with E-state index in [1.807, 2.05) is 59.6 Å². The minimum Gasteiger partial charge on any atom is -0.361 e. The second-order valence-corrected chi connectivity index (χ2v) is 9.49. The fraction of sp³-hybridized carbons (Fsp3) is 0.308. The molecular formula is C26H24ClN3O3. The van der Waals surface area contributed by atoms with Gasteiger partial charge in [0.15, 0.2) is 0 Å². The Morgan fingerprint density at radius 3 is 2.88 bits per heavy atom. The number of nitrogens with one attached hydrogen (secondary N) is 2. The van der Waals surface area contributed by atoms with E-state index in [1.165, 1.54) is 10.9 Å². The van der Waals surface area contributed by atoms with E-state index in [0.29, 0.717) is 24.7 Å². The maximum absolute atomic E-state index is 13.4. The molecule has 4 heterocycles. The van der Waals surface area contributed by atoms with Crippen LogP contribution in [0.15, 0.2) is 66.9 Å². The lowest BCUT2D eigenvalue weighted by Gasteiger charge is -2.23. The molecule has 4 atom stereocenters. The van der Waals surface area contributed by atoms with Crippen LogP contribution in [-0.2, 0) is 27.3 Å². The van der Waals surface area contributed by atoms with Gasteiger partial charge in [0.25, 0.3) is 0 Å². The molecule has 3 aliphatic heterocycles. The Morgan fingerprint density at radius 1 is 1.18 bits per heavy atom. The number of amides is 2. The first-order valence-corrected chi connectivity index (χ1v) is 11.7. The average Bonchev–Trinajstić information content (AvgIpc) is 3.57. The van der Waals surface area contributed by atoms with Crippen LogP contribution in [0.25, 0.3) is 10.9 Å². The molecule has 0 saturated carbocycles. The number of benzene rings is 2. The fourth-order valence-electron chi connectivity index (χ4n) is 5.60. The number of hydrogen-bond donors (Lipinski definition) is 2. The number of para-hydroxylation sites is 1. The Hall–Kier alpha value is -3.09. The molecule has 2 saturated heterocycles. The van der Waals surface area contributed by atoms with E-state index < -0.39 is 17.4 Å². The first-order valence-electron chi connectivity index (χ1n) is 11.3. The van der Waals surface area contributed by atoms with Crippen molar-refractivity contribution >= 4 is 34.3 Å². The smallest absolute Gasteiger partial charge is 0.230 e. The normalized spacial score (nSPS) is 27.5. The summed E-state index contributed by atoms with van der Waals surface area (Å²) < 4.78 is 6.23. The van der Waals surface area contributed by atoms with E-state index in [0.717, 1.165) is 17.5 Å². The van der Waals surface area contributed by atoms with Crippen molar-refractivity contribution < 1.29 is 14.3 Å². The number of ether oxygens (including phenoxy) is 1. The molecule has 3 aliphatic rings. The molecule has 7 heteroatoms. The highest BCUT2D eigenvalue weighted by Crippen LogP contribution is 2.51. The maximum Gasteiger partial charge on any atom is 0.230 e. The second kappa shape index (κ2) is 7.75. The van der Waals surface area contributed by atoms with E-state index in [4.69, 9.17) is 16.3 Å². The SMILES string of the molecule is O=C(NCc1ccccc1Cl)[C@@H]1[C@H]2C(=O)N(CCc3c[nH]c4ccccc34)C[C@@]23C=C[C@H]1O3. The van der Waals surface area contributed by atoms with Gasteiger partial charge in [-0.2, -0.15) is 0 Å². The molecule has 2 bridgehead atoms. The number of aromatic amines is 1. The monoisotopic (exact) mass is 461 g/mol. The number of carbonyl (C=O) groups is 2. The molecule has 1 spiro atoms. The third-order valence-electron chi connectivity index (χ3n) is 7.22. The number of rotatable bonds is 6. The highest BCUT2D eigenvalue weighted by atomic mass is 35.5. The number of fused-ring (bicyclic) bond motifs is 2. The van der Waals surface area contributed by atoms with Gasteiger partial charge in [0.1, 0.15) is 5.60 Å². The summed E-state index contributed by atoms with van der Waals surface area (Å²) in [4.78, 5) is 31.7. The molecule has 168 valence electrons. The van der Waals surface area contributed by atoms with Gasteiger partial charge in [-0.05, 0) is 29.7 Å². The zero-order chi connectivity index (χ0) is 22.6. The Balaban J connectivity index is 1.17. The molecule has 33 heavy (non-hydrogen) atoms. The number of hydrogen-bond acceptors (Lipinski definition) is 3. The lowest BCUT2D eigenvalue weighted by atomic mass is 9.77. The predicted molar refractivity (Wildman–Crippen MR) is 126 cm³/mol. The van der Waals surface area contributed by atoms with Gasteiger partial charge in [0, 0.05) is 35.2 Å². The van der Waals surface area contributed by atoms with Crippen LogP contribution in [0.2, 0.25) is 5.02 Å². The predicted octanol–water partition coefficient (Wildman–Crippen LogP) is 3.46. The van der Waals surface area contributed by atoms with Crippen LogP contribution in [0.3, 0.4) is 0 Å². The first kappa shape index (κ1) is 20.5.